The average molecular weight is 417 g/mol. The Morgan fingerprint density at radius 2 is 2.05 bits per heavy atom. The lowest BCUT2D eigenvalue weighted by atomic mass is 9.79. The van der Waals surface area contributed by atoms with Crippen LogP contribution in [-0.2, 0) is 0 Å². The SMILES string of the molecule is CC(Cl)c1nc2cc(I)ccc2n1C1CCC(C)C(C)C1. The summed E-state index contributed by atoms with van der Waals surface area (Å²) in [5.41, 5.74) is 2.32. The average Bonchev–Trinajstić information content (AvgIpc) is 2.80. The summed E-state index contributed by atoms with van der Waals surface area (Å²) in [4.78, 5) is 4.82. The second-order valence-electron chi connectivity index (χ2n) is 6.51. The first-order valence-corrected chi connectivity index (χ1v) is 9.30. The molecular weight excluding hydrogens is 395 g/mol. The van der Waals surface area contributed by atoms with E-state index in [9.17, 15) is 0 Å². The molecule has 0 radical (unpaired) electrons. The van der Waals surface area contributed by atoms with Gasteiger partial charge in [0.05, 0.1) is 16.4 Å². The molecule has 2 aromatic rings. The number of hydrogen-bond donors (Lipinski definition) is 0. The molecule has 4 heteroatoms. The van der Waals surface area contributed by atoms with Crippen LogP contribution >= 0.6 is 34.2 Å². The fraction of sp³-hybridized carbons (Fsp3) is 0.588. The monoisotopic (exact) mass is 416 g/mol. The van der Waals surface area contributed by atoms with E-state index in [0.717, 1.165) is 23.2 Å². The van der Waals surface area contributed by atoms with Crippen LogP contribution in [0.4, 0.5) is 0 Å². The number of nitrogens with zero attached hydrogens (tertiary/aromatic N) is 2. The number of fused-ring (bicyclic) bond motifs is 1. The summed E-state index contributed by atoms with van der Waals surface area (Å²) in [5, 5.41) is -0.0512. The number of imidazole rings is 1. The zero-order chi connectivity index (χ0) is 15.1. The van der Waals surface area contributed by atoms with Crippen molar-refractivity contribution in [2.24, 2.45) is 11.8 Å². The first-order valence-electron chi connectivity index (χ1n) is 7.78. The van der Waals surface area contributed by atoms with Crippen LogP contribution < -0.4 is 0 Å². The van der Waals surface area contributed by atoms with E-state index in [1.807, 2.05) is 6.92 Å². The Hall–Kier alpha value is -0.290. The van der Waals surface area contributed by atoms with Crippen molar-refractivity contribution in [2.75, 3.05) is 0 Å². The van der Waals surface area contributed by atoms with E-state index in [2.05, 4.69) is 59.2 Å². The molecule has 1 aromatic carbocycles. The first kappa shape index (κ1) is 15.6. The molecule has 1 saturated carbocycles. The number of aromatic nitrogens is 2. The molecule has 1 aliphatic carbocycles. The molecular formula is C17H22ClIN2. The minimum atomic E-state index is -0.0512. The summed E-state index contributed by atoms with van der Waals surface area (Å²) >= 11 is 8.76. The van der Waals surface area contributed by atoms with E-state index in [-0.39, 0.29) is 5.38 Å². The quantitative estimate of drug-likeness (QED) is 0.438. The summed E-state index contributed by atoms with van der Waals surface area (Å²) in [6.45, 7) is 6.78. The predicted octanol–water partition coefficient (Wildman–Crippen LogP) is 5.94. The lowest BCUT2D eigenvalue weighted by Crippen LogP contribution is -2.24. The largest absolute Gasteiger partial charge is 0.324 e. The van der Waals surface area contributed by atoms with E-state index in [4.69, 9.17) is 16.6 Å². The van der Waals surface area contributed by atoms with Crippen molar-refractivity contribution in [2.45, 2.75) is 51.5 Å². The highest BCUT2D eigenvalue weighted by molar-refractivity contribution is 14.1. The maximum absolute atomic E-state index is 6.42. The van der Waals surface area contributed by atoms with Gasteiger partial charge in [-0.15, -0.1) is 11.6 Å². The van der Waals surface area contributed by atoms with Gasteiger partial charge in [0.2, 0.25) is 0 Å². The van der Waals surface area contributed by atoms with Crippen LogP contribution in [0.1, 0.15) is 57.3 Å². The zero-order valence-corrected chi connectivity index (χ0v) is 15.7. The molecule has 1 fully saturated rings. The fourth-order valence-corrected chi connectivity index (χ4v) is 4.14. The van der Waals surface area contributed by atoms with E-state index >= 15 is 0 Å². The van der Waals surface area contributed by atoms with Crippen LogP contribution in [0.3, 0.4) is 0 Å². The smallest absolute Gasteiger partial charge is 0.127 e. The Morgan fingerprint density at radius 1 is 1.29 bits per heavy atom. The van der Waals surface area contributed by atoms with Gasteiger partial charge in [0.25, 0.3) is 0 Å². The van der Waals surface area contributed by atoms with Gasteiger partial charge in [-0.3, -0.25) is 0 Å². The molecule has 21 heavy (non-hydrogen) atoms. The summed E-state index contributed by atoms with van der Waals surface area (Å²) in [6, 6.07) is 7.07. The van der Waals surface area contributed by atoms with Gasteiger partial charge in [-0.05, 0) is 78.8 Å². The van der Waals surface area contributed by atoms with Crippen molar-refractivity contribution < 1.29 is 0 Å². The van der Waals surface area contributed by atoms with Crippen molar-refractivity contribution in [1.29, 1.82) is 0 Å². The highest BCUT2D eigenvalue weighted by Crippen LogP contribution is 2.40. The Kier molecular flexibility index (Phi) is 4.51. The Bertz CT molecular complexity index is 650. The van der Waals surface area contributed by atoms with Crippen molar-refractivity contribution in [3.8, 4) is 0 Å². The van der Waals surface area contributed by atoms with Crippen molar-refractivity contribution >= 4 is 45.2 Å². The third-order valence-corrected chi connectivity index (χ3v) is 5.84. The van der Waals surface area contributed by atoms with Gasteiger partial charge in [-0.2, -0.15) is 0 Å². The highest BCUT2D eigenvalue weighted by Gasteiger charge is 2.29. The van der Waals surface area contributed by atoms with Crippen LogP contribution in [0.25, 0.3) is 11.0 Å². The van der Waals surface area contributed by atoms with Crippen LogP contribution in [-0.4, -0.2) is 9.55 Å². The molecule has 0 amide bonds. The highest BCUT2D eigenvalue weighted by atomic mass is 127. The van der Waals surface area contributed by atoms with Crippen molar-refractivity contribution in [3.05, 3.63) is 27.6 Å². The van der Waals surface area contributed by atoms with Crippen LogP contribution in [0.5, 0.6) is 0 Å². The topological polar surface area (TPSA) is 17.8 Å². The maximum Gasteiger partial charge on any atom is 0.127 e. The Morgan fingerprint density at radius 3 is 2.71 bits per heavy atom. The van der Waals surface area contributed by atoms with E-state index in [0.29, 0.717) is 6.04 Å². The van der Waals surface area contributed by atoms with Gasteiger partial charge in [0.15, 0.2) is 0 Å². The molecule has 4 unspecified atom stereocenters. The molecule has 1 aromatic heterocycles. The number of hydrogen-bond acceptors (Lipinski definition) is 1. The molecule has 0 bridgehead atoms. The number of halogens is 2. The molecule has 114 valence electrons. The summed E-state index contributed by atoms with van der Waals surface area (Å²) in [7, 11) is 0. The van der Waals surface area contributed by atoms with Gasteiger partial charge in [-0.1, -0.05) is 13.8 Å². The normalized spacial score (nSPS) is 28.0. The van der Waals surface area contributed by atoms with Crippen molar-refractivity contribution in [1.82, 2.24) is 9.55 Å². The van der Waals surface area contributed by atoms with Crippen LogP contribution in [0, 0.1) is 15.4 Å². The molecule has 2 nitrogen and oxygen atoms in total. The minimum Gasteiger partial charge on any atom is -0.324 e. The molecule has 0 spiro atoms. The van der Waals surface area contributed by atoms with Gasteiger partial charge < -0.3 is 4.57 Å². The summed E-state index contributed by atoms with van der Waals surface area (Å²) < 4.78 is 3.65. The molecule has 0 saturated heterocycles. The zero-order valence-electron chi connectivity index (χ0n) is 12.8. The van der Waals surface area contributed by atoms with Gasteiger partial charge in [0, 0.05) is 9.61 Å². The number of rotatable bonds is 2. The molecule has 4 atom stereocenters. The summed E-state index contributed by atoms with van der Waals surface area (Å²) in [5.74, 6) is 2.62. The van der Waals surface area contributed by atoms with Crippen LogP contribution in [0.15, 0.2) is 18.2 Å². The molecule has 1 heterocycles. The van der Waals surface area contributed by atoms with E-state index in [1.54, 1.807) is 0 Å². The number of benzene rings is 1. The van der Waals surface area contributed by atoms with Crippen molar-refractivity contribution in [3.63, 3.8) is 0 Å². The van der Waals surface area contributed by atoms with Gasteiger partial charge in [-0.25, -0.2) is 4.98 Å². The minimum absolute atomic E-state index is 0.0512. The molecule has 0 N–H and O–H groups in total. The Balaban J connectivity index is 2.09. The maximum atomic E-state index is 6.42. The fourth-order valence-electron chi connectivity index (χ4n) is 3.51. The predicted molar refractivity (Wildman–Crippen MR) is 97.9 cm³/mol. The lowest BCUT2D eigenvalue weighted by molar-refractivity contribution is 0.211. The number of alkyl halides is 1. The molecule has 3 rings (SSSR count). The van der Waals surface area contributed by atoms with Gasteiger partial charge >= 0.3 is 0 Å². The Labute approximate surface area is 145 Å². The lowest BCUT2D eigenvalue weighted by Gasteiger charge is -2.34. The molecule has 0 aliphatic heterocycles. The second-order valence-corrected chi connectivity index (χ2v) is 8.41. The van der Waals surface area contributed by atoms with E-state index in [1.165, 1.54) is 28.3 Å². The first-order chi connectivity index (χ1) is 9.97. The third kappa shape index (κ3) is 2.96. The summed E-state index contributed by atoms with van der Waals surface area (Å²) in [6.07, 6.45) is 3.76. The van der Waals surface area contributed by atoms with Gasteiger partial charge in [0.1, 0.15) is 5.82 Å². The van der Waals surface area contributed by atoms with Crippen LogP contribution in [0.2, 0.25) is 0 Å². The third-order valence-electron chi connectivity index (χ3n) is 4.97. The van der Waals surface area contributed by atoms with E-state index < -0.39 is 0 Å². The standard InChI is InChI=1S/C17H22ClIN2/c1-10-4-6-14(8-11(10)2)21-16-7-5-13(19)9-15(16)20-17(21)12(3)18/h5,7,9-12,14H,4,6,8H2,1-3H3. The molecule has 1 aliphatic rings. The second kappa shape index (κ2) is 6.07.